The van der Waals surface area contributed by atoms with Gasteiger partial charge in [-0.2, -0.15) is 0 Å². The molecule has 0 aliphatic rings. The fourth-order valence-electron chi connectivity index (χ4n) is 1.29. The second kappa shape index (κ2) is 6.39. The van der Waals surface area contributed by atoms with E-state index >= 15 is 0 Å². The highest BCUT2D eigenvalue weighted by atomic mass is 32.1. The van der Waals surface area contributed by atoms with Gasteiger partial charge >= 0.3 is 5.97 Å². The van der Waals surface area contributed by atoms with Crippen LogP contribution in [0.3, 0.4) is 0 Å². The van der Waals surface area contributed by atoms with Crippen LogP contribution in [0.4, 0.5) is 0 Å². The average molecular weight is 271 g/mol. The Bertz CT molecular complexity index is 439. The first-order chi connectivity index (χ1) is 8.51. The average Bonchev–Trinajstić information content (AvgIpc) is 2.72. The number of hydrogen-bond donors (Lipinski definition) is 0. The van der Waals surface area contributed by atoms with Crippen LogP contribution in [0.2, 0.25) is 0 Å². The van der Waals surface area contributed by atoms with E-state index < -0.39 is 5.97 Å². The second-order valence-corrected chi connectivity index (χ2v) is 4.05. The molecule has 1 heterocycles. The van der Waals surface area contributed by atoms with Crippen molar-refractivity contribution in [2.45, 2.75) is 13.8 Å². The second-order valence-electron chi connectivity index (χ2n) is 3.66. The summed E-state index contributed by atoms with van der Waals surface area (Å²) < 4.78 is 15.6. The van der Waals surface area contributed by atoms with Crippen molar-refractivity contribution in [3.05, 3.63) is 17.4 Å². The maximum Gasteiger partial charge on any atom is 0.345 e. The fraction of sp³-hybridized carbons (Fsp3) is 0.500. The van der Waals surface area contributed by atoms with Gasteiger partial charge in [-0.05, 0) is 13.8 Å². The zero-order chi connectivity index (χ0) is 13.7. The van der Waals surface area contributed by atoms with Crippen LogP contribution in [-0.2, 0) is 4.74 Å². The summed E-state index contributed by atoms with van der Waals surface area (Å²) in [6.45, 7) is 4.24. The van der Waals surface area contributed by atoms with Crippen LogP contribution in [0.25, 0.3) is 0 Å². The zero-order valence-electron chi connectivity index (χ0n) is 11.0. The predicted molar refractivity (Wildman–Crippen MR) is 71.2 cm³/mol. The van der Waals surface area contributed by atoms with Crippen molar-refractivity contribution in [2.75, 3.05) is 27.3 Å². The molecule has 1 aromatic rings. The van der Waals surface area contributed by atoms with Crippen molar-refractivity contribution in [2.24, 2.45) is 0 Å². The molecule has 0 saturated heterocycles. The first-order valence-electron chi connectivity index (χ1n) is 5.66. The molecule has 0 amide bonds. The third kappa shape index (κ3) is 3.22. The summed E-state index contributed by atoms with van der Waals surface area (Å²) in [5, 5.41) is 0. The molecule has 0 atom stereocenters. The highest BCUT2D eigenvalue weighted by Crippen LogP contribution is 2.25. The van der Waals surface area contributed by atoms with E-state index in [1.165, 1.54) is 0 Å². The van der Waals surface area contributed by atoms with Crippen molar-refractivity contribution >= 4 is 23.2 Å². The standard InChI is InChI=1S/C12H17NO4S/c1-5-15-11(14)8-7-9(10(18)13(3)4)17-12(8)16-6-2/h7H,5-6H2,1-4H3. The van der Waals surface area contributed by atoms with Gasteiger partial charge in [0, 0.05) is 20.2 Å². The number of nitrogens with zero attached hydrogens (tertiary/aromatic N) is 1. The number of carbonyl (C=O) groups is 1. The lowest BCUT2D eigenvalue weighted by Crippen LogP contribution is -2.19. The van der Waals surface area contributed by atoms with E-state index in [2.05, 4.69) is 0 Å². The Morgan fingerprint density at radius 1 is 1.39 bits per heavy atom. The van der Waals surface area contributed by atoms with Crippen LogP contribution in [0, 0.1) is 0 Å². The number of ether oxygens (including phenoxy) is 2. The van der Waals surface area contributed by atoms with Gasteiger partial charge in [0.15, 0.2) is 5.76 Å². The quantitative estimate of drug-likeness (QED) is 0.604. The van der Waals surface area contributed by atoms with Crippen LogP contribution < -0.4 is 4.74 Å². The minimum Gasteiger partial charge on any atom is -0.465 e. The molecule has 0 aliphatic carbocycles. The van der Waals surface area contributed by atoms with E-state index in [0.29, 0.717) is 24.0 Å². The third-order valence-electron chi connectivity index (χ3n) is 2.09. The van der Waals surface area contributed by atoms with Gasteiger partial charge in [0.25, 0.3) is 5.95 Å². The molecule has 18 heavy (non-hydrogen) atoms. The van der Waals surface area contributed by atoms with Crippen molar-refractivity contribution in [3.8, 4) is 5.95 Å². The molecular weight excluding hydrogens is 254 g/mol. The van der Waals surface area contributed by atoms with E-state index in [9.17, 15) is 4.79 Å². The van der Waals surface area contributed by atoms with Gasteiger partial charge in [-0.25, -0.2) is 4.79 Å². The van der Waals surface area contributed by atoms with Crippen LogP contribution in [0.1, 0.15) is 30.0 Å². The maximum absolute atomic E-state index is 11.7. The van der Waals surface area contributed by atoms with Gasteiger partial charge in [0.2, 0.25) is 0 Å². The molecule has 0 aromatic carbocycles. The Hall–Kier alpha value is -1.56. The molecular formula is C12H17NO4S. The lowest BCUT2D eigenvalue weighted by atomic mass is 10.3. The SMILES string of the molecule is CCOC(=O)c1cc(C(=S)N(C)C)oc1OCC. The monoisotopic (exact) mass is 271 g/mol. The van der Waals surface area contributed by atoms with Gasteiger partial charge in [0.05, 0.1) is 13.2 Å². The molecule has 0 fully saturated rings. The first-order valence-corrected chi connectivity index (χ1v) is 6.07. The smallest absolute Gasteiger partial charge is 0.345 e. The highest BCUT2D eigenvalue weighted by Gasteiger charge is 2.22. The van der Waals surface area contributed by atoms with Gasteiger partial charge in [-0.1, -0.05) is 12.2 Å². The van der Waals surface area contributed by atoms with Crippen LogP contribution >= 0.6 is 12.2 Å². The number of thiocarbonyl (C=S) groups is 1. The van der Waals surface area contributed by atoms with E-state index in [1.54, 1.807) is 38.9 Å². The molecule has 1 aromatic heterocycles. The largest absolute Gasteiger partial charge is 0.465 e. The third-order valence-corrected chi connectivity index (χ3v) is 2.65. The lowest BCUT2D eigenvalue weighted by molar-refractivity contribution is 0.0519. The topological polar surface area (TPSA) is 51.9 Å². The van der Waals surface area contributed by atoms with Crippen LogP contribution in [-0.4, -0.2) is 43.2 Å². The van der Waals surface area contributed by atoms with Crippen molar-refractivity contribution in [1.82, 2.24) is 4.90 Å². The molecule has 0 unspecified atom stereocenters. The normalized spacial score (nSPS) is 10.0. The van der Waals surface area contributed by atoms with E-state index in [1.807, 2.05) is 0 Å². The Labute approximate surface area is 112 Å². The Kier molecular flexibility index (Phi) is 5.15. The Morgan fingerprint density at radius 3 is 2.56 bits per heavy atom. The molecule has 0 N–H and O–H groups in total. The molecule has 0 radical (unpaired) electrons. The Morgan fingerprint density at radius 2 is 2.06 bits per heavy atom. The number of carbonyl (C=O) groups excluding carboxylic acids is 1. The molecule has 100 valence electrons. The summed E-state index contributed by atoms with van der Waals surface area (Å²) >= 11 is 5.18. The molecule has 0 bridgehead atoms. The van der Waals surface area contributed by atoms with Crippen molar-refractivity contribution in [3.63, 3.8) is 0 Å². The summed E-state index contributed by atoms with van der Waals surface area (Å²) in [6, 6.07) is 1.55. The fourth-order valence-corrected chi connectivity index (χ4v) is 1.39. The number of rotatable bonds is 5. The Balaban J connectivity index is 3.08. The number of hydrogen-bond acceptors (Lipinski definition) is 5. The minimum absolute atomic E-state index is 0.148. The van der Waals surface area contributed by atoms with E-state index in [4.69, 9.17) is 26.1 Å². The number of furan rings is 1. The summed E-state index contributed by atoms with van der Waals surface area (Å²) in [5.41, 5.74) is 0.262. The lowest BCUT2D eigenvalue weighted by Gasteiger charge is -2.10. The van der Waals surface area contributed by atoms with E-state index in [-0.39, 0.29) is 11.5 Å². The summed E-state index contributed by atoms with van der Waals surface area (Å²) in [4.78, 5) is 13.9. The highest BCUT2D eigenvalue weighted by molar-refractivity contribution is 7.80. The van der Waals surface area contributed by atoms with Gasteiger partial charge in [0.1, 0.15) is 10.6 Å². The zero-order valence-corrected chi connectivity index (χ0v) is 11.8. The summed E-state index contributed by atoms with van der Waals surface area (Å²) in [7, 11) is 3.60. The summed E-state index contributed by atoms with van der Waals surface area (Å²) in [5.74, 6) is 0.0918. The van der Waals surface area contributed by atoms with E-state index in [0.717, 1.165) is 0 Å². The molecule has 0 saturated carbocycles. The first kappa shape index (κ1) is 14.5. The molecule has 5 nitrogen and oxygen atoms in total. The van der Waals surface area contributed by atoms with Gasteiger partial charge in [-0.15, -0.1) is 0 Å². The van der Waals surface area contributed by atoms with Crippen molar-refractivity contribution < 1.29 is 18.7 Å². The number of esters is 1. The van der Waals surface area contributed by atoms with Crippen LogP contribution in [0.15, 0.2) is 10.5 Å². The molecule has 0 aliphatic heterocycles. The summed E-state index contributed by atoms with van der Waals surface area (Å²) in [6.07, 6.45) is 0. The van der Waals surface area contributed by atoms with Crippen LogP contribution in [0.5, 0.6) is 5.95 Å². The molecule has 0 spiro atoms. The molecule has 1 rings (SSSR count). The minimum atomic E-state index is -0.475. The van der Waals surface area contributed by atoms with Gasteiger partial charge < -0.3 is 18.8 Å². The predicted octanol–water partition coefficient (Wildman–Crippen LogP) is 2.09. The maximum atomic E-state index is 11.7. The van der Waals surface area contributed by atoms with Crippen molar-refractivity contribution in [1.29, 1.82) is 0 Å². The molecule has 6 heteroatoms. The van der Waals surface area contributed by atoms with Gasteiger partial charge in [-0.3, -0.25) is 0 Å².